The van der Waals surface area contributed by atoms with E-state index in [2.05, 4.69) is 12.2 Å². The standard InChI is InChI=1S/C33H34N2O5/c1-3-10-31-28(35-32(40-31)26-13-8-5-9-14-26)19-20-39-27-17-15-24(16-18-27)22-29(33(37)38)34-23(2)21-30(36)25-11-6-4-7-12-25/h4-9,11-18,21,29,34H,3,10,19-20,22H2,1-2H3,(H,37,38)/b23-21-/t29-/m0/s1. The summed E-state index contributed by atoms with van der Waals surface area (Å²) in [5, 5.41) is 12.7. The third-order valence-corrected chi connectivity index (χ3v) is 6.35. The van der Waals surface area contributed by atoms with Gasteiger partial charge in [0.05, 0.1) is 12.3 Å². The highest BCUT2D eigenvalue weighted by Crippen LogP contribution is 2.24. The molecule has 0 fully saturated rings. The van der Waals surface area contributed by atoms with Crippen molar-refractivity contribution >= 4 is 11.8 Å². The fourth-order valence-corrected chi connectivity index (χ4v) is 4.33. The van der Waals surface area contributed by atoms with E-state index in [4.69, 9.17) is 14.1 Å². The molecular formula is C33H34N2O5. The molecule has 0 saturated carbocycles. The highest BCUT2D eigenvalue weighted by Gasteiger charge is 2.19. The Balaban J connectivity index is 1.32. The number of aliphatic carboxylic acids is 1. The number of aryl methyl sites for hydroxylation is 1. The quantitative estimate of drug-likeness (QED) is 0.144. The highest BCUT2D eigenvalue weighted by atomic mass is 16.5. The van der Waals surface area contributed by atoms with E-state index in [-0.39, 0.29) is 12.2 Å². The van der Waals surface area contributed by atoms with Crippen LogP contribution in [0.25, 0.3) is 11.5 Å². The third kappa shape index (κ3) is 7.93. The second-order valence-corrected chi connectivity index (χ2v) is 9.54. The Kier molecular flexibility index (Phi) is 9.88. The maximum atomic E-state index is 12.4. The number of benzene rings is 3. The monoisotopic (exact) mass is 538 g/mol. The van der Waals surface area contributed by atoms with E-state index in [1.807, 2.05) is 60.7 Å². The Hall–Kier alpha value is -4.65. The van der Waals surface area contributed by atoms with Crippen LogP contribution in [0.5, 0.6) is 5.75 Å². The van der Waals surface area contributed by atoms with Gasteiger partial charge in [-0.15, -0.1) is 0 Å². The van der Waals surface area contributed by atoms with Crippen LogP contribution in [0.2, 0.25) is 0 Å². The summed E-state index contributed by atoms with van der Waals surface area (Å²) in [6, 6.07) is 25.2. The van der Waals surface area contributed by atoms with Gasteiger partial charge >= 0.3 is 5.97 Å². The second-order valence-electron chi connectivity index (χ2n) is 9.54. The van der Waals surface area contributed by atoms with E-state index in [1.54, 1.807) is 31.2 Å². The predicted octanol–water partition coefficient (Wildman–Crippen LogP) is 6.29. The summed E-state index contributed by atoms with van der Waals surface area (Å²) in [5.41, 5.74) is 3.73. The molecule has 4 rings (SSSR count). The molecule has 2 N–H and O–H groups in total. The molecule has 4 aromatic rings. The van der Waals surface area contributed by atoms with E-state index >= 15 is 0 Å². The first kappa shape index (κ1) is 28.4. The van der Waals surface area contributed by atoms with Crippen LogP contribution < -0.4 is 10.1 Å². The van der Waals surface area contributed by atoms with Crippen molar-refractivity contribution in [3.63, 3.8) is 0 Å². The summed E-state index contributed by atoms with van der Waals surface area (Å²) < 4.78 is 12.0. The number of carbonyl (C=O) groups is 2. The predicted molar refractivity (Wildman–Crippen MR) is 154 cm³/mol. The van der Waals surface area contributed by atoms with Crippen molar-refractivity contribution < 1.29 is 23.8 Å². The number of ketones is 1. The van der Waals surface area contributed by atoms with Crippen LogP contribution in [0, 0.1) is 0 Å². The van der Waals surface area contributed by atoms with Crippen LogP contribution >= 0.6 is 0 Å². The van der Waals surface area contributed by atoms with Gasteiger partial charge in [-0.05, 0) is 43.2 Å². The zero-order valence-corrected chi connectivity index (χ0v) is 22.8. The fourth-order valence-electron chi connectivity index (χ4n) is 4.33. The van der Waals surface area contributed by atoms with Gasteiger partial charge in [-0.2, -0.15) is 0 Å². The van der Waals surface area contributed by atoms with Crippen molar-refractivity contribution in [1.29, 1.82) is 0 Å². The molecule has 0 amide bonds. The lowest BCUT2D eigenvalue weighted by molar-refractivity contribution is -0.139. The molecule has 0 unspecified atom stereocenters. The van der Waals surface area contributed by atoms with Gasteiger partial charge in [0.25, 0.3) is 0 Å². The molecule has 0 saturated heterocycles. The normalized spacial score (nSPS) is 12.1. The summed E-state index contributed by atoms with van der Waals surface area (Å²) in [7, 11) is 0. The molecule has 0 aliphatic carbocycles. The summed E-state index contributed by atoms with van der Waals surface area (Å²) in [4.78, 5) is 29.0. The zero-order valence-electron chi connectivity index (χ0n) is 22.8. The molecule has 0 aliphatic heterocycles. The number of allylic oxidation sites excluding steroid dienone is 2. The zero-order chi connectivity index (χ0) is 28.3. The molecule has 1 aromatic heterocycles. The molecule has 0 bridgehead atoms. The summed E-state index contributed by atoms with van der Waals surface area (Å²) >= 11 is 0. The smallest absolute Gasteiger partial charge is 0.326 e. The lowest BCUT2D eigenvalue weighted by Gasteiger charge is -2.16. The number of ether oxygens (including phenoxy) is 1. The molecule has 1 heterocycles. The Labute approximate surface area is 234 Å². The van der Waals surface area contributed by atoms with Crippen molar-refractivity contribution in [2.75, 3.05) is 6.61 Å². The van der Waals surface area contributed by atoms with Crippen molar-refractivity contribution in [3.8, 4) is 17.2 Å². The number of aromatic nitrogens is 1. The fraction of sp³-hybridized carbons (Fsp3) is 0.242. The number of oxazole rings is 1. The third-order valence-electron chi connectivity index (χ3n) is 6.35. The molecule has 7 nitrogen and oxygen atoms in total. The van der Waals surface area contributed by atoms with Crippen molar-refractivity contribution in [2.24, 2.45) is 0 Å². The van der Waals surface area contributed by atoms with Crippen LogP contribution in [0.15, 0.2) is 101 Å². The first-order valence-corrected chi connectivity index (χ1v) is 13.5. The number of rotatable bonds is 14. The SMILES string of the molecule is CCCc1oc(-c2ccccc2)nc1CCOc1ccc(C[C@H](N/C(C)=C\C(=O)c2ccccc2)C(=O)O)cc1. The van der Waals surface area contributed by atoms with Gasteiger partial charge in [0.15, 0.2) is 5.78 Å². The summed E-state index contributed by atoms with van der Waals surface area (Å²) in [5.74, 6) is 1.03. The second kappa shape index (κ2) is 13.9. The average Bonchev–Trinajstić information content (AvgIpc) is 3.37. The molecule has 1 atom stereocenters. The maximum Gasteiger partial charge on any atom is 0.326 e. The van der Waals surface area contributed by atoms with Crippen molar-refractivity contribution in [1.82, 2.24) is 10.3 Å². The molecule has 3 aromatic carbocycles. The van der Waals surface area contributed by atoms with Gasteiger partial charge in [-0.25, -0.2) is 9.78 Å². The molecule has 0 aliphatic rings. The molecular weight excluding hydrogens is 504 g/mol. The molecule has 206 valence electrons. The van der Waals surface area contributed by atoms with E-state index in [0.29, 0.717) is 35.9 Å². The largest absolute Gasteiger partial charge is 0.493 e. The number of carboxylic acid groups (broad SMARTS) is 1. The Morgan fingerprint density at radius 1 is 0.975 bits per heavy atom. The maximum absolute atomic E-state index is 12.4. The molecule has 0 spiro atoms. The van der Waals surface area contributed by atoms with E-state index in [9.17, 15) is 14.7 Å². The van der Waals surface area contributed by atoms with E-state index < -0.39 is 12.0 Å². The van der Waals surface area contributed by atoms with Crippen LogP contribution in [-0.2, 0) is 24.1 Å². The number of carbonyl (C=O) groups excluding carboxylic acids is 1. The van der Waals surface area contributed by atoms with Crippen molar-refractivity contribution in [2.45, 2.75) is 45.6 Å². The number of carboxylic acids is 1. The number of hydrogen-bond donors (Lipinski definition) is 2. The first-order chi connectivity index (χ1) is 19.4. The minimum atomic E-state index is -0.995. The lowest BCUT2D eigenvalue weighted by atomic mass is 10.1. The molecule has 7 heteroatoms. The average molecular weight is 539 g/mol. The van der Waals surface area contributed by atoms with E-state index in [1.165, 1.54) is 6.08 Å². The first-order valence-electron chi connectivity index (χ1n) is 13.5. The Morgan fingerprint density at radius 2 is 1.65 bits per heavy atom. The van der Waals surface area contributed by atoms with E-state index in [0.717, 1.165) is 35.4 Å². The van der Waals surface area contributed by atoms with Crippen LogP contribution in [0.1, 0.15) is 47.6 Å². The number of hydrogen-bond acceptors (Lipinski definition) is 6. The summed E-state index contributed by atoms with van der Waals surface area (Å²) in [6.45, 7) is 4.24. The van der Waals surface area contributed by atoms with Gasteiger partial charge in [-0.1, -0.05) is 67.6 Å². The lowest BCUT2D eigenvalue weighted by Crippen LogP contribution is -2.37. The van der Waals surface area contributed by atoms with Gasteiger partial charge in [0.2, 0.25) is 5.89 Å². The Bertz CT molecular complexity index is 1430. The minimum absolute atomic E-state index is 0.181. The number of nitrogens with zero attached hydrogens (tertiary/aromatic N) is 1. The molecule has 40 heavy (non-hydrogen) atoms. The van der Waals surface area contributed by atoms with Crippen LogP contribution in [-0.4, -0.2) is 34.5 Å². The van der Waals surface area contributed by atoms with Gasteiger partial charge in [-0.3, -0.25) is 4.79 Å². The highest BCUT2D eigenvalue weighted by molar-refractivity contribution is 6.04. The van der Waals surface area contributed by atoms with Gasteiger partial charge in [0, 0.05) is 42.2 Å². The number of nitrogens with one attached hydrogen (secondary N) is 1. The topological polar surface area (TPSA) is 102 Å². The minimum Gasteiger partial charge on any atom is -0.493 e. The van der Waals surface area contributed by atoms with Crippen molar-refractivity contribution in [3.05, 3.63) is 119 Å². The van der Waals surface area contributed by atoms with Crippen LogP contribution in [0.4, 0.5) is 0 Å². The Morgan fingerprint density at radius 3 is 2.30 bits per heavy atom. The summed E-state index contributed by atoms with van der Waals surface area (Å²) in [6.07, 6.45) is 4.07. The van der Waals surface area contributed by atoms with Crippen LogP contribution in [0.3, 0.4) is 0 Å². The van der Waals surface area contributed by atoms with Gasteiger partial charge < -0.3 is 19.6 Å². The molecule has 0 radical (unpaired) electrons. The van der Waals surface area contributed by atoms with Gasteiger partial charge in [0.1, 0.15) is 17.6 Å².